The van der Waals surface area contributed by atoms with E-state index in [-0.39, 0.29) is 23.1 Å². The van der Waals surface area contributed by atoms with Crippen molar-refractivity contribution in [3.8, 4) is 5.75 Å². The number of hydrogen-bond donors (Lipinski definition) is 0. The molecule has 0 N–H and O–H groups in total. The van der Waals surface area contributed by atoms with Gasteiger partial charge < -0.3 is 9.64 Å². The Morgan fingerprint density at radius 1 is 1.23 bits per heavy atom. The summed E-state index contributed by atoms with van der Waals surface area (Å²) >= 11 is 0. The summed E-state index contributed by atoms with van der Waals surface area (Å²) in [6.45, 7) is 2.84. The first-order valence-corrected chi connectivity index (χ1v) is 8.39. The molecule has 6 nitrogen and oxygen atoms in total. The van der Waals surface area contributed by atoms with Gasteiger partial charge in [0.25, 0.3) is 0 Å². The van der Waals surface area contributed by atoms with Crippen LogP contribution in [-0.2, 0) is 14.8 Å². The summed E-state index contributed by atoms with van der Waals surface area (Å²) in [7, 11) is -2.46. The van der Waals surface area contributed by atoms with Gasteiger partial charge in [-0.3, -0.25) is 4.79 Å². The topological polar surface area (TPSA) is 66.9 Å². The lowest BCUT2D eigenvalue weighted by Crippen LogP contribution is -2.36. The molecule has 0 unspecified atom stereocenters. The van der Waals surface area contributed by atoms with Gasteiger partial charge in [-0.15, -0.1) is 0 Å². The fraction of sp³-hybridized carbons (Fsp3) is 0.500. The number of nitrogens with zero attached hydrogens (tertiary/aromatic N) is 2. The summed E-state index contributed by atoms with van der Waals surface area (Å²) in [5, 5.41) is 0. The number of hydrogen-bond acceptors (Lipinski definition) is 4. The number of carbonyl (C=O) groups is 1. The number of methoxy groups -OCH3 is 1. The van der Waals surface area contributed by atoms with E-state index in [2.05, 4.69) is 0 Å². The van der Waals surface area contributed by atoms with Crippen molar-refractivity contribution in [1.29, 1.82) is 0 Å². The molecule has 1 fully saturated rings. The number of rotatable bonds is 3. The van der Waals surface area contributed by atoms with Crippen LogP contribution in [0.3, 0.4) is 0 Å². The molecule has 122 valence electrons. The molecule has 22 heavy (non-hydrogen) atoms. The van der Waals surface area contributed by atoms with Crippen LogP contribution in [0, 0.1) is 5.82 Å². The molecule has 8 heteroatoms. The summed E-state index contributed by atoms with van der Waals surface area (Å²) < 4.78 is 45.0. The number of sulfonamides is 1. The number of ether oxygens (including phenoxy) is 1. The minimum Gasteiger partial charge on any atom is -0.494 e. The number of halogens is 1. The van der Waals surface area contributed by atoms with Crippen molar-refractivity contribution in [1.82, 2.24) is 9.21 Å². The first kappa shape index (κ1) is 16.7. The molecule has 0 saturated carbocycles. The van der Waals surface area contributed by atoms with Gasteiger partial charge in [0.05, 0.1) is 12.0 Å². The largest absolute Gasteiger partial charge is 0.494 e. The van der Waals surface area contributed by atoms with Gasteiger partial charge in [0.1, 0.15) is 0 Å². The van der Waals surface area contributed by atoms with Crippen LogP contribution in [0.2, 0.25) is 0 Å². The van der Waals surface area contributed by atoms with E-state index in [0.29, 0.717) is 26.1 Å². The predicted octanol–water partition coefficient (Wildman–Crippen LogP) is 1.08. The highest BCUT2D eigenvalue weighted by Crippen LogP contribution is 2.23. The van der Waals surface area contributed by atoms with E-state index >= 15 is 0 Å². The first-order valence-electron chi connectivity index (χ1n) is 6.95. The fourth-order valence-corrected chi connectivity index (χ4v) is 3.89. The number of carbonyl (C=O) groups excluding carboxylic acids is 1. The zero-order chi connectivity index (χ0) is 16.3. The molecule has 0 aliphatic carbocycles. The fourth-order valence-electron chi connectivity index (χ4n) is 2.41. The van der Waals surface area contributed by atoms with Crippen LogP contribution in [0.5, 0.6) is 5.75 Å². The Kier molecular flexibility index (Phi) is 5.02. The van der Waals surface area contributed by atoms with Crippen molar-refractivity contribution in [3.63, 3.8) is 0 Å². The molecule has 2 rings (SSSR count). The van der Waals surface area contributed by atoms with Crippen LogP contribution in [0.4, 0.5) is 4.39 Å². The van der Waals surface area contributed by atoms with E-state index in [1.807, 2.05) is 0 Å². The molecule has 1 heterocycles. The van der Waals surface area contributed by atoms with Gasteiger partial charge >= 0.3 is 0 Å². The second-order valence-electron chi connectivity index (χ2n) is 5.06. The van der Waals surface area contributed by atoms with Gasteiger partial charge in [0.15, 0.2) is 11.6 Å². The molecular weight excluding hydrogens is 311 g/mol. The van der Waals surface area contributed by atoms with Gasteiger partial charge in [0, 0.05) is 33.1 Å². The zero-order valence-electron chi connectivity index (χ0n) is 12.6. The summed E-state index contributed by atoms with van der Waals surface area (Å²) in [6.07, 6.45) is 0.553. The van der Waals surface area contributed by atoms with Crippen molar-refractivity contribution in [2.75, 3.05) is 33.3 Å². The van der Waals surface area contributed by atoms with E-state index in [1.165, 1.54) is 30.5 Å². The molecule has 0 atom stereocenters. The van der Waals surface area contributed by atoms with E-state index in [9.17, 15) is 17.6 Å². The molecule has 1 saturated heterocycles. The third-order valence-corrected chi connectivity index (χ3v) is 5.56. The van der Waals surface area contributed by atoms with Gasteiger partial charge in [-0.25, -0.2) is 12.8 Å². The Hall–Kier alpha value is -1.67. The zero-order valence-corrected chi connectivity index (χ0v) is 13.4. The number of benzene rings is 1. The molecule has 1 aliphatic heterocycles. The van der Waals surface area contributed by atoms with Crippen LogP contribution in [-0.4, -0.2) is 56.8 Å². The highest BCUT2D eigenvalue weighted by atomic mass is 32.2. The molecule has 1 aromatic carbocycles. The lowest BCUT2D eigenvalue weighted by atomic mass is 10.3. The van der Waals surface area contributed by atoms with Gasteiger partial charge in [-0.2, -0.15) is 4.31 Å². The predicted molar refractivity (Wildman–Crippen MR) is 78.6 cm³/mol. The van der Waals surface area contributed by atoms with E-state index < -0.39 is 15.8 Å². The second kappa shape index (κ2) is 6.62. The molecule has 0 aromatic heterocycles. The van der Waals surface area contributed by atoms with Crippen molar-refractivity contribution in [3.05, 3.63) is 24.0 Å². The normalized spacial score (nSPS) is 17.1. The number of amides is 1. The van der Waals surface area contributed by atoms with Gasteiger partial charge in [-0.05, 0) is 24.6 Å². The summed E-state index contributed by atoms with van der Waals surface area (Å²) in [5.74, 6) is -0.795. The van der Waals surface area contributed by atoms with Crippen LogP contribution in [0.15, 0.2) is 23.1 Å². The SMILES string of the molecule is COc1ccc(S(=O)(=O)N2CCCN(C(C)=O)CC2)cc1F. The molecule has 1 aromatic rings. The van der Waals surface area contributed by atoms with Gasteiger partial charge in [0.2, 0.25) is 15.9 Å². The Balaban J connectivity index is 2.23. The Bertz CT molecular complexity index is 663. The molecular formula is C14H19FN2O4S. The standard InChI is InChI=1S/C14H19FN2O4S/c1-11(18)16-6-3-7-17(9-8-16)22(19,20)12-4-5-14(21-2)13(15)10-12/h4-5,10H,3,6-9H2,1-2H3. The van der Waals surface area contributed by atoms with Crippen LogP contribution < -0.4 is 4.74 Å². The van der Waals surface area contributed by atoms with Crippen LogP contribution in [0.25, 0.3) is 0 Å². The monoisotopic (exact) mass is 330 g/mol. The summed E-state index contributed by atoms with van der Waals surface area (Å²) in [6, 6.07) is 3.58. The van der Waals surface area contributed by atoms with Crippen molar-refractivity contribution >= 4 is 15.9 Å². The Morgan fingerprint density at radius 2 is 1.95 bits per heavy atom. The smallest absolute Gasteiger partial charge is 0.243 e. The van der Waals surface area contributed by atoms with Crippen molar-refractivity contribution < 1.29 is 22.3 Å². The maximum atomic E-state index is 13.7. The molecule has 0 bridgehead atoms. The summed E-state index contributed by atoms with van der Waals surface area (Å²) in [4.78, 5) is 12.9. The Labute approximate surface area is 129 Å². The third kappa shape index (κ3) is 3.38. The van der Waals surface area contributed by atoms with Crippen molar-refractivity contribution in [2.45, 2.75) is 18.2 Å². The van der Waals surface area contributed by atoms with Gasteiger partial charge in [-0.1, -0.05) is 0 Å². The van der Waals surface area contributed by atoms with Crippen molar-refractivity contribution in [2.24, 2.45) is 0 Å². The average molecular weight is 330 g/mol. The van der Waals surface area contributed by atoms with E-state index in [4.69, 9.17) is 4.74 Å². The van der Waals surface area contributed by atoms with E-state index in [0.717, 1.165) is 6.07 Å². The highest BCUT2D eigenvalue weighted by Gasteiger charge is 2.28. The third-order valence-electron chi connectivity index (χ3n) is 3.66. The maximum Gasteiger partial charge on any atom is 0.243 e. The molecule has 1 amide bonds. The molecule has 0 spiro atoms. The molecule has 1 aliphatic rings. The Morgan fingerprint density at radius 3 is 2.55 bits per heavy atom. The minimum atomic E-state index is -3.78. The summed E-state index contributed by atoms with van der Waals surface area (Å²) in [5.41, 5.74) is 0. The van der Waals surface area contributed by atoms with E-state index in [1.54, 1.807) is 4.90 Å². The first-order chi connectivity index (χ1) is 10.4. The lowest BCUT2D eigenvalue weighted by molar-refractivity contribution is -0.128. The minimum absolute atomic E-state index is 0.00225. The molecule has 0 radical (unpaired) electrons. The van der Waals surface area contributed by atoms with Crippen LogP contribution >= 0.6 is 0 Å². The maximum absolute atomic E-state index is 13.7. The highest BCUT2D eigenvalue weighted by molar-refractivity contribution is 7.89. The lowest BCUT2D eigenvalue weighted by Gasteiger charge is -2.21. The van der Waals surface area contributed by atoms with Crippen LogP contribution in [0.1, 0.15) is 13.3 Å². The second-order valence-corrected chi connectivity index (χ2v) is 7.00. The quantitative estimate of drug-likeness (QED) is 0.832. The average Bonchev–Trinajstić information content (AvgIpc) is 2.73.